The zero-order valence-corrected chi connectivity index (χ0v) is 9.91. The van der Waals surface area contributed by atoms with Crippen LogP contribution in [0.2, 0.25) is 0 Å². The van der Waals surface area contributed by atoms with Crippen molar-refractivity contribution < 1.29 is 4.79 Å². The van der Waals surface area contributed by atoms with Gasteiger partial charge in [0.15, 0.2) is 0 Å². The highest BCUT2D eigenvalue weighted by Gasteiger charge is 2.07. The number of carbonyl (C=O) groups is 1. The fourth-order valence-corrected chi connectivity index (χ4v) is 2.52. The summed E-state index contributed by atoms with van der Waals surface area (Å²) in [6.07, 6.45) is 2.51. The molecule has 0 aliphatic carbocycles. The molecular weight excluding hydrogens is 216 g/mol. The minimum Gasteiger partial charge on any atom is -0.300 e. The van der Waals surface area contributed by atoms with E-state index in [1.54, 1.807) is 18.7 Å². The Hall–Kier alpha value is -0.470. The van der Waals surface area contributed by atoms with E-state index in [2.05, 4.69) is 0 Å². The second-order valence-corrected chi connectivity index (χ2v) is 4.21. The number of hydrogen-bond donors (Lipinski definition) is 0. The second-order valence-electron chi connectivity index (χ2n) is 3.12. The first-order chi connectivity index (χ1) is 6.69. The Balaban J connectivity index is 3.08. The number of ketones is 1. The minimum atomic E-state index is 0.187. The summed E-state index contributed by atoms with van der Waals surface area (Å²) in [4.78, 5) is 12.2. The molecule has 0 aromatic heterocycles. The molecule has 0 fully saturated rings. The molecule has 0 radical (unpaired) electrons. The van der Waals surface area contributed by atoms with Crippen molar-refractivity contribution in [2.45, 2.75) is 24.1 Å². The van der Waals surface area contributed by atoms with Crippen molar-refractivity contribution in [3.05, 3.63) is 29.3 Å². The Bertz CT molecular complexity index is 336. The Morgan fingerprint density at radius 2 is 2.07 bits per heavy atom. The molecular formula is C11H13ClOS. The molecule has 76 valence electrons. The van der Waals surface area contributed by atoms with E-state index in [-0.39, 0.29) is 5.78 Å². The maximum Gasteiger partial charge on any atom is 0.134 e. The van der Waals surface area contributed by atoms with Gasteiger partial charge in [-0.2, -0.15) is 0 Å². The average Bonchev–Trinajstić information content (AvgIpc) is 2.16. The zero-order chi connectivity index (χ0) is 10.6. The normalized spacial score (nSPS) is 10.2. The van der Waals surface area contributed by atoms with Crippen molar-refractivity contribution in [3.63, 3.8) is 0 Å². The number of carbonyl (C=O) groups excluding carboxylic acids is 1. The Kier molecular flexibility index (Phi) is 4.49. The molecule has 0 bridgehead atoms. The van der Waals surface area contributed by atoms with Gasteiger partial charge in [-0.1, -0.05) is 18.2 Å². The van der Waals surface area contributed by atoms with E-state index in [0.717, 1.165) is 16.0 Å². The zero-order valence-electron chi connectivity index (χ0n) is 8.34. The largest absolute Gasteiger partial charge is 0.300 e. The van der Waals surface area contributed by atoms with Crippen LogP contribution < -0.4 is 0 Å². The van der Waals surface area contributed by atoms with Gasteiger partial charge < -0.3 is 0 Å². The summed E-state index contributed by atoms with van der Waals surface area (Å²) >= 11 is 7.47. The maximum absolute atomic E-state index is 11.0. The van der Waals surface area contributed by atoms with Crippen LogP contribution in [0.25, 0.3) is 0 Å². The molecule has 1 nitrogen and oxygen atoms in total. The molecule has 0 N–H and O–H groups in total. The number of Topliss-reactive ketones (excluding diaryl/α,β-unsaturated/α-hetero) is 1. The molecule has 0 saturated heterocycles. The van der Waals surface area contributed by atoms with Gasteiger partial charge in [0.25, 0.3) is 0 Å². The van der Waals surface area contributed by atoms with Crippen molar-refractivity contribution >= 4 is 29.1 Å². The summed E-state index contributed by atoms with van der Waals surface area (Å²) in [7, 11) is 0. The van der Waals surface area contributed by atoms with E-state index in [9.17, 15) is 4.79 Å². The molecule has 0 spiro atoms. The monoisotopic (exact) mass is 228 g/mol. The summed E-state index contributed by atoms with van der Waals surface area (Å²) < 4.78 is 0. The van der Waals surface area contributed by atoms with E-state index in [1.807, 2.05) is 24.5 Å². The molecule has 1 aromatic carbocycles. The molecule has 0 heterocycles. The molecule has 14 heavy (non-hydrogen) atoms. The molecule has 0 unspecified atom stereocenters. The van der Waals surface area contributed by atoms with Crippen LogP contribution in [0.5, 0.6) is 0 Å². The van der Waals surface area contributed by atoms with Crippen molar-refractivity contribution in [3.8, 4) is 0 Å². The highest BCUT2D eigenvalue weighted by Crippen LogP contribution is 2.26. The smallest absolute Gasteiger partial charge is 0.134 e. The van der Waals surface area contributed by atoms with E-state index < -0.39 is 0 Å². The topological polar surface area (TPSA) is 17.1 Å². The number of alkyl halides is 1. The molecule has 0 atom stereocenters. The van der Waals surface area contributed by atoms with Gasteiger partial charge in [0.2, 0.25) is 0 Å². The van der Waals surface area contributed by atoms with Crippen LogP contribution in [0.3, 0.4) is 0 Å². The summed E-state index contributed by atoms with van der Waals surface area (Å²) in [6, 6.07) is 5.95. The van der Waals surface area contributed by atoms with Gasteiger partial charge in [-0.3, -0.25) is 4.79 Å². The van der Waals surface area contributed by atoms with Gasteiger partial charge >= 0.3 is 0 Å². The lowest BCUT2D eigenvalue weighted by molar-refractivity contribution is -0.116. The highest BCUT2D eigenvalue weighted by atomic mass is 35.5. The quantitative estimate of drug-likeness (QED) is 0.581. The lowest BCUT2D eigenvalue weighted by Gasteiger charge is -2.09. The molecule has 0 saturated carbocycles. The first kappa shape index (κ1) is 11.6. The molecule has 0 amide bonds. The molecule has 0 aliphatic heterocycles. The Morgan fingerprint density at radius 1 is 1.43 bits per heavy atom. The van der Waals surface area contributed by atoms with Crippen LogP contribution in [-0.2, 0) is 17.1 Å². The first-order valence-corrected chi connectivity index (χ1v) is 6.15. The van der Waals surface area contributed by atoms with Gasteiger partial charge in [0.05, 0.1) is 0 Å². The Morgan fingerprint density at radius 3 is 2.57 bits per heavy atom. The van der Waals surface area contributed by atoms with Gasteiger partial charge in [0, 0.05) is 17.2 Å². The number of hydrogen-bond acceptors (Lipinski definition) is 2. The van der Waals surface area contributed by atoms with Crippen molar-refractivity contribution in [2.24, 2.45) is 0 Å². The van der Waals surface area contributed by atoms with Gasteiger partial charge in [-0.15, -0.1) is 23.4 Å². The number of thioether (sulfide) groups is 1. The van der Waals surface area contributed by atoms with Gasteiger partial charge in [0.1, 0.15) is 5.78 Å². The van der Waals surface area contributed by atoms with Crippen LogP contribution in [0.4, 0.5) is 0 Å². The molecule has 1 rings (SSSR count). The van der Waals surface area contributed by atoms with Crippen LogP contribution in [-0.4, -0.2) is 12.0 Å². The van der Waals surface area contributed by atoms with E-state index in [4.69, 9.17) is 11.6 Å². The average molecular weight is 229 g/mol. The number of rotatable bonds is 4. The summed E-state index contributed by atoms with van der Waals surface area (Å²) in [5.74, 6) is 0.689. The van der Waals surface area contributed by atoms with Crippen molar-refractivity contribution in [2.75, 3.05) is 6.26 Å². The summed E-state index contributed by atoms with van der Waals surface area (Å²) in [6.45, 7) is 1.61. The van der Waals surface area contributed by atoms with Crippen LogP contribution in [0.15, 0.2) is 23.1 Å². The third-order valence-electron chi connectivity index (χ3n) is 1.97. The lowest BCUT2D eigenvalue weighted by Crippen LogP contribution is -1.99. The number of halogens is 1. The van der Waals surface area contributed by atoms with Crippen LogP contribution >= 0.6 is 23.4 Å². The first-order valence-electron chi connectivity index (χ1n) is 4.39. The fourth-order valence-electron chi connectivity index (χ4n) is 1.41. The third kappa shape index (κ3) is 2.76. The van der Waals surface area contributed by atoms with E-state index >= 15 is 0 Å². The third-order valence-corrected chi connectivity index (χ3v) is 3.19. The second kappa shape index (κ2) is 5.42. The predicted octanol–water partition coefficient (Wildman–Crippen LogP) is 3.28. The van der Waals surface area contributed by atoms with Gasteiger partial charge in [-0.25, -0.2) is 0 Å². The highest BCUT2D eigenvalue weighted by molar-refractivity contribution is 7.98. The van der Waals surface area contributed by atoms with E-state index in [1.165, 1.54) is 0 Å². The number of benzene rings is 1. The predicted molar refractivity (Wildman–Crippen MR) is 62.2 cm³/mol. The molecule has 3 heteroatoms. The standard InChI is InChI=1S/C11H13ClOS/c1-8(13)6-9-4-3-5-10(7-12)11(9)14-2/h3-5H,6-7H2,1-2H3. The maximum atomic E-state index is 11.0. The minimum absolute atomic E-state index is 0.187. The molecule has 0 aliphatic rings. The van der Waals surface area contributed by atoms with Crippen LogP contribution in [0.1, 0.15) is 18.1 Å². The van der Waals surface area contributed by atoms with E-state index in [0.29, 0.717) is 12.3 Å². The summed E-state index contributed by atoms with van der Waals surface area (Å²) in [5, 5.41) is 0. The molecule has 1 aromatic rings. The summed E-state index contributed by atoms with van der Waals surface area (Å²) in [5.41, 5.74) is 2.20. The van der Waals surface area contributed by atoms with Crippen LogP contribution in [0, 0.1) is 0 Å². The Labute approximate surface area is 93.8 Å². The van der Waals surface area contributed by atoms with Crippen molar-refractivity contribution in [1.82, 2.24) is 0 Å². The fraction of sp³-hybridized carbons (Fsp3) is 0.364. The lowest BCUT2D eigenvalue weighted by atomic mass is 10.1. The van der Waals surface area contributed by atoms with Crippen molar-refractivity contribution in [1.29, 1.82) is 0 Å². The van der Waals surface area contributed by atoms with Gasteiger partial charge in [-0.05, 0) is 24.3 Å². The SMILES string of the molecule is CSc1c(CCl)cccc1CC(C)=O.